The zero-order chi connectivity index (χ0) is 50.7. The van der Waals surface area contributed by atoms with Crippen molar-refractivity contribution >= 4 is 17.9 Å². The monoisotopic (exact) mass is 983 g/mol. The first kappa shape index (κ1) is 67.6. The van der Waals surface area contributed by atoms with Crippen molar-refractivity contribution in [2.45, 2.75) is 341 Å². The normalized spacial score (nSPS) is 12.2. The minimum atomic E-state index is -0.771. The summed E-state index contributed by atoms with van der Waals surface area (Å²) in [4.78, 5) is 38.2. The van der Waals surface area contributed by atoms with Crippen molar-refractivity contribution in [2.75, 3.05) is 13.2 Å². The molecule has 0 saturated heterocycles. The van der Waals surface area contributed by atoms with Crippen LogP contribution >= 0.6 is 0 Å². The first-order valence-corrected chi connectivity index (χ1v) is 31.0. The summed E-state index contributed by atoms with van der Waals surface area (Å²) in [5.41, 5.74) is 0. The van der Waals surface area contributed by atoms with Crippen molar-refractivity contribution in [1.82, 2.24) is 0 Å². The molecule has 0 aliphatic rings. The minimum absolute atomic E-state index is 0.0702. The van der Waals surface area contributed by atoms with Crippen LogP contribution in [-0.2, 0) is 28.6 Å². The van der Waals surface area contributed by atoms with Crippen LogP contribution < -0.4 is 0 Å². The van der Waals surface area contributed by atoms with E-state index in [4.69, 9.17) is 14.2 Å². The second-order valence-electron chi connectivity index (χ2n) is 21.0. The molecule has 0 fully saturated rings. The van der Waals surface area contributed by atoms with Gasteiger partial charge in [-0.25, -0.2) is 0 Å². The highest BCUT2D eigenvalue weighted by Gasteiger charge is 2.19. The molecule has 1 atom stereocenters. The van der Waals surface area contributed by atoms with Crippen molar-refractivity contribution in [3.8, 4) is 0 Å². The first-order valence-electron chi connectivity index (χ1n) is 31.0. The van der Waals surface area contributed by atoms with Crippen molar-refractivity contribution in [2.24, 2.45) is 0 Å². The number of ether oxygens (including phenoxy) is 3. The van der Waals surface area contributed by atoms with Crippen molar-refractivity contribution < 1.29 is 28.6 Å². The third-order valence-corrected chi connectivity index (χ3v) is 13.9. The van der Waals surface area contributed by atoms with Crippen LogP contribution in [-0.4, -0.2) is 37.2 Å². The van der Waals surface area contributed by atoms with Crippen LogP contribution in [0.2, 0.25) is 0 Å². The van der Waals surface area contributed by atoms with Gasteiger partial charge in [0.2, 0.25) is 0 Å². The maximum Gasteiger partial charge on any atom is 0.306 e. The Balaban J connectivity index is 4.23. The molecule has 0 aromatic heterocycles. The van der Waals surface area contributed by atoms with Crippen molar-refractivity contribution in [3.05, 3.63) is 36.5 Å². The molecule has 1 unspecified atom stereocenters. The predicted octanol–water partition coefficient (Wildman–Crippen LogP) is 20.8. The van der Waals surface area contributed by atoms with E-state index in [-0.39, 0.29) is 31.1 Å². The number of allylic oxidation sites excluding steroid dienone is 6. The highest BCUT2D eigenvalue weighted by Crippen LogP contribution is 2.17. The molecule has 0 saturated carbocycles. The van der Waals surface area contributed by atoms with Crippen LogP contribution in [0.1, 0.15) is 335 Å². The fourth-order valence-electron chi connectivity index (χ4n) is 9.18. The van der Waals surface area contributed by atoms with Crippen LogP contribution in [0, 0.1) is 0 Å². The van der Waals surface area contributed by atoms with Gasteiger partial charge in [0.1, 0.15) is 13.2 Å². The van der Waals surface area contributed by atoms with Gasteiger partial charge in [0.25, 0.3) is 0 Å². The van der Waals surface area contributed by atoms with E-state index in [1.165, 1.54) is 231 Å². The summed E-state index contributed by atoms with van der Waals surface area (Å²) >= 11 is 0. The predicted molar refractivity (Wildman–Crippen MR) is 302 cm³/mol. The molecular formula is C64H118O6. The van der Waals surface area contributed by atoms with Gasteiger partial charge in [-0.3, -0.25) is 14.4 Å². The minimum Gasteiger partial charge on any atom is -0.462 e. The van der Waals surface area contributed by atoms with Crippen LogP contribution in [0.5, 0.6) is 0 Å². The van der Waals surface area contributed by atoms with E-state index >= 15 is 0 Å². The lowest BCUT2D eigenvalue weighted by Crippen LogP contribution is -2.30. The van der Waals surface area contributed by atoms with Crippen LogP contribution in [0.3, 0.4) is 0 Å². The zero-order valence-corrected chi connectivity index (χ0v) is 47.1. The van der Waals surface area contributed by atoms with E-state index in [2.05, 4.69) is 57.2 Å². The third-order valence-electron chi connectivity index (χ3n) is 13.9. The average Bonchev–Trinajstić information content (AvgIpc) is 3.36. The maximum atomic E-state index is 12.9. The number of carbonyl (C=O) groups excluding carboxylic acids is 3. The largest absolute Gasteiger partial charge is 0.462 e. The molecule has 0 radical (unpaired) electrons. The Morgan fingerprint density at radius 1 is 0.286 bits per heavy atom. The standard InChI is InChI=1S/C64H118O6/c1-4-7-10-13-16-19-22-24-26-28-30-31-32-33-35-36-38-40-42-45-48-51-54-57-63(66)69-60-61(59-68-62(65)56-53-50-47-44-21-18-15-12-9-6-3)70-64(67)58-55-52-49-46-43-41-39-37-34-29-27-25-23-20-17-14-11-8-5-2/h17,20,25,27-28,30,61H,4-16,18-19,21-24,26,29,31-60H2,1-3H3/b20-17-,27-25-,30-28-. The topological polar surface area (TPSA) is 78.9 Å². The molecule has 0 aromatic rings. The molecule has 6 nitrogen and oxygen atoms in total. The van der Waals surface area contributed by atoms with Crippen molar-refractivity contribution in [3.63, 3.8) is 0 Å². The molecule has 70 heavy (non-hydrogen) atoms. The van der Waals surface area contributed by atoms with E-state index in [9.17, 15) is 14.4 Å². The molecule has 0 heterocycles. The number of hydrogen-bond acceptors (Lipinski definition) is 6. The maximum absolute atomic E-state index is 12.9. The van der Waals surface area contributed by atoms with Gasteiger partial charge in [0, 0.05) is 19.3 Å². The quantitative estimate of drug-likeness (QED) is 0.0261. The summed E-state index contributed by atoms with van der Waals surface area (Å²) in [5.74, 6) is -0.857. The molecule has 6 heteroatoms. The third kappa shape index (κ3) is 56.5. The molecule has 0 aromatic carbocycles. The van der Waals surface area contributed by atoms with Crippen LogP contribution in [0.4, 0.5) is 0 Å². The molecule has 0 bridgehead atoms. The summed E-state index contributed by atoms with van der Waals surface area (Å²) in [7, 11) is 0. The van der Waals surface area contributed by atoms with Gasteiger partial charge in [-0.2, -0.15) is 0 Å². The smallest absolute Gasteiger partial charge is 0.306 e. The Hall–Kier alpha value is -2.37. The van der Waals surface area contributed by atoms with Crippen molar-refractivity contribution in [1.29, 1.82) is 0 Å². The molecule has 0 spiro atoms. The molecule has 0 amide bonds. The van der Waals surface area contributed by atoms with Crippen LogP contribution in [0.15, 0.2) is 36.5 Å². The Morgan fingerprint density at radius 2 is 0.514 bits per heavy atom. The highest BCUT2D eigenvalue weighted by molar-refractivity contribution is 5.71. The second-order valence-corrected chi connectivity index (χ2v) is 21.0. The number of carbonyl (C=O) groups is 3. The lowest BCUT2D eigenvalue weighted by Gasteiger charge is -2.18. The number of rotatable bonds is 57. The number of esters is 3. The van der Waals surface area contributed by atoms with Gasteiger partial charge >= 0.3 is 17.9 Å². The molecule has 410 valence electrons. The Labute approximate surface area is 435 Å². The average molecular weight is 984 g/mol. The zero-order valence-electron chi connectivity index (χ0n) is 47.1. The van der Waals surface area contributed by atoms with Gasteiger partial charge < -0.3 is 14.2 Å². The van der Waals surface area contributed by atoms with E-state index < -0.39 is 6.10 Å². The van der Waals surface area contributed by atoms with Gasteiger partial charge in [0.05, 0.1) is 0 Å². The molecule has 0 rings (SSSR count). The summed E-state index contributed by atoms with van der Waals surface area (Å²) in [6.45, 7) is 6.65. The van der Waals surface area contributed by atoms with E-state index in [0.29, 0.717) is 19.3 Å². The summed E-state index contributed by atoms with van der Waals surface area (Å²) < 4.78 is 16.9. The fourth-order valence-corrected chi connectivity index (χ4v) is 9.18. The summed E-state index contributed by atoms with van der Waals surface area (Å²) in [6, 6.07) is 0. The van der Waals surface area contributed by atoms with Gasteiger partial charge in [0.15, 0.2) is 6.10 Å². The Kier molecular flexibility index (Phi) is 57.2. The summed E-state index contributed by atoms with van der Waals surface area (Å²) in [5, 5.41) is 0. The number of hydrogen-bond donors (Lipinski definition) is 0. The van der Waals surface area contributed by atoms with Gasteiger partial charge in [-0.1, -0.05) is 276 Å². The Morgan fingerprint density at radius 3 is 0.829 bits per heavy atom. The van der Waals surface area contributed by atoms with Gasteiger partial charge in [-0.15, -0.1) is 0 Å². The fraction of sp³-hybridized carbons (Fsp3) is 0.859. The van der Waals surface area contributed by atoms with E-state index in [1.54, 1.807) is 0 Å². The lowest BCUT2D eigenvalue weighted by molar-refractivity contribution is -0.167. The van der Waals surface area contributed by atoms with E-state index in [0.717, 1.165) is 64.2 Å². The SMILES string of the molecule is CCCCC/C=C\C/C=C\CCCCCCCCCCCC(=O)OC(COC(=O)CCCCCCCCCCCC)COC(=O)CCCCCCCCCCCCC/C=C\CCCCCCCCCC. The van der Waals surface area contributed by atoms with Crippen LogP contribution in [0.25, 0.3) is 0 Å². The molecular weight excluding hydrogens is 865 g/mol. The lowest BCUT2D eigenvalue weighted by atomic mass is 10.0. The second kappa shape index (κ2) is 59.2. The van der Waals surface area contributed by atoms with Gasteiger partial charge in [-0.05, 0) is 77.0 Å². The molecule has 0 aliphatic heterocycles. The molecule has 0 aliphatic carbocycles. The molecule has 0 N–H and O–H groups in total. The summed E-state index contributed by atoms with van der Waals surface area (Å²) in [6.07, 6.45) is 71.5. The Bertz CT molecular complexity index is 1170. The number of unbranched alkanes of at least 4 members (excludes halogenated alkanes) is 40. The highest BCUT2D eigenvalue weighted by atomic mass is 16.6. The van der Waals surface area contributed by atoms with E-state index in [1.807, 2.05) is 0 Å². The first-order chi connectivity index (χ1) is 34.5.